The molecule has 0 aliphatic carbocycles. The molecule has 0 fully saturated rings. The molecule has 1 aromatic heterocycles. The van der Waals surface area contributed by atoms with E-state index in [-0.39, 0.29) is 5.76 Å². The Morgan fingerprint density at radius 2 is 2.08 bits per heavy atom. The van der Waals surface area contributed by atoms with Crippen molar-refractivity contribution in [2.24, 2.45) is 10.7 Å². The molecule has 0 aliphatic heterocycles. The summed E-state index contributed by atoms with van der Waals surface area (Å²) in [6.45, 7) is 3.15. The van der Waals surface area contributed by atoms with Gasteiger partial charge in [0.15, 0.2) is 11.7 Å². The Morgan fingerprint density at radius 1 is 1.28 bits per heavy atom. The molecule has 0 radical (unpaired) electrons. The summed E-state index contributed by atoms with van der Waals surface area (Å²) in [6.07, 6.45) is 0.837. The molecule has 25 heavy (non-hydrogen) atoms. The lowest BCUT2D eigenvalue weighted by molar-refractivity contribution is 0.0972. The maximum Gasteiger partial charge on any atom is 0.284 e. The van der Waals surface area contributed by atoms with E-state index in [0.717, 1.165) is 24.3 Å². The van der Waals surface area contributed by atoms with Crippen LogP contribution < -0.4 is 21.1 Å². The zero-order chi connectivity index (χ0) is 18.2. The highest BCUT2D eigenvalue weighted by Crippen LogP contribution is 2.18. The second-order valence-corrected chi connectivity index (χ2v) is 5.54. The van der Waals surface area contributed by atoms with Gasteiger partial charge in [-0.15, -0.1) is 0 Å². The molecule has 0 bridgehead atoms. The average molecular weight is 344 g/mol. The molecule has 134 valence electrons. The maximum absolute atomic E-state index is 11.0. The largest absolute Gasteiger partial charge is 0.496 e. The standard InChI is InChI=1S/C18H24N4O3/c1-12-4-5-13(10-16(12)24-3)8-9-21-18(20-2)22-11-14-6-7-15(25-14)17(19)23/h4-7,10H,8-9,11H2,1-3H3,(H2,19,23)(H2,20,21,22). The van der Waals surface area contributed by atoms with Crippen molar-refractivity contribution in [2.45, 2.75) is 19.9 Å². The number of rotatable bonds is 7. The number of primary amides is 1. The summed E-state index contributed by atoms with van der Waals surface area (Å²) in [4.78, 5) is 15.2. The van der Waals surface area contributed by atoms with Crippen LogP contribution in [-0.2, 0) is 13.0 Å². The smallest absolute Gasteiger partial charge is 0.284 e. The summed E-state index contributed by atoms with van der Waals surface area (Å²) in [5, 5.41) is 6.36. The number of guanidine groups is 1. The summed E-state index contributed by atoms with van der Waals surface area (Å²) in [5.41, 5.74) is 7.46. The first-order chi connectivity index (χ1) is 12.0. The van der Waals surface area contributed by atoms with Gasteiger partial charge in [-0.1, -0.05) is 12.1 Å². The van der Waals surface area contributed by atoms with E-state index in [4.69, 9.17) is 14.9 Å². The predicted molar refractivity (Wildman–Crippen MR) is 96.9 cm³/mol. The Balaban J connectivity index is 1.81. The van der Waals surface area contributed by atoms with Gasteiger partial charge in [0.25, 0.3) is 5.91 Å². The van der Waals surface area contributed by atoms with Crippen molar-refractivity contribution in [3.05, 3.63) is 53.0 Å². The first kappa shape index (κ1) is 18.4. The molecule has 7 heteroatoms. The van der Waals surface area contributed by atoms with Gasteiger partial charge in [0.1, 0.15) is 11.5 Å². The normalized spacial score (nSPS) is 11.2. The Bertz CT molecular complexity index is 753. The van der Waals surface area contributed by atoms with Gasteiger partial charge >= 0.3 is 0 Å². The van der Waals surface area contributed by atoms with Crippen LogP contribution in [0, 0.1) is 6.92 Å². The number of carbonyl (C=O) groups excluding carboxylic acids is 1. The van der Waals surface area contributed by atoms with Crippen molar-refractivity contribution in [1.29, 1.82) is 0 Å². The Hall–Kier alpha value is -2.96. The molecule has 0 atom stereocenters. The summed E-state index contributed by atoms with van der Waals surface area (Å²) in [5.74, 6) is 1.72. The van der Waals surface area contributed by atoms with E-state index in [0.29, 0.717) is 18.3 Å². The van der Waals surface area contributed by atoms with Gasteiger partial charge < -0.3 is 25.5 Å². The molecule has 1 aromatic carbocycles. The Kier molecular flexibility index (Phi) is 6.45. The number of hydrogen-bond acceptors (Lipinski definition) is 4. The van der Waals surface area contributed by atoms with Gasteiger partial charge in [-0.25, -0.2) is 0 Å². The molecule has 0 unspecified atom stereocenters. The molecular formula is C18H24N4O3. The number of amides is 1. The minimum absolute atomic E-state index is 0.146. The molecule has 2 rings (SSSR count). The molecule has 0 aliphatic rings. The number of nitrogens with one attached hydrogen (secondary N) is 2. The lowest BCUT2D eigenvalue weighted by atomic mass is 10.1. The van der Waals surface area contributed by atoms with Crippen molar-refractivity contribution in [3.63, 3.8) is 0 Å². The minimum Gasteiger partial charge on any atom is -0.496 e. The number of furan rings is 1. The van der Waals surface area contributed by atoms with E-state index >= 15 is 0 Å². The van der Waals surface area contributed by atoms with Crippen molar-refractivity contribution in [2.75, 3.05) is 20.7 Å². The molecule has 1 heterocycles. The third-order valence-electron chi connectivity index (χ3n) is 3.74. The van der Waals surface area contributed by atoms with Gasteiger partial charge in [-0.3, -0.25) is 9.79 Å². The predicted octanol–water partition coefficient (Wildman–Crippen LogP) is 1.60. The second-order valence-electron chi connectivity index (χ2n) is 5.54. The first-order valence-corrected chi connectivity index (χ1v) is 8.00. The molecule has 4 N–H and O–H groups in total. The van der Waals surface area contributed by atoms with Gasteiger partial charge in [0.2, 0.25) is 0 Å². The fourth-order valence-corrected chi connectivity index (χ4v) is 2.34. The second kappa shape index (κ2) is 8.77. The number of ether oxygens (including phenoxy) is 1. The van der Waals surface area contributed by atoms with Gasteiger partial charge in [0, 0.05) is 13.6 Å². The molecule has 7 nitrogen and oxygen atoms in total. The number of carbonyl (C=O) groups is 1. The van der Waals surface area contributed by atoms with Crippen LogP contribution in [0.4, 0.5) is 0 Å². The molecule has 2 aromatic rings. The summed E-state index contributed by atoms with van der Waals surface area (Å²) in [7, 11) is 3.37. The number of methoxy groups -OCH3 is 1. The maximum atomic E-state index is 11.0. The molecule has 1 amide bonds. The minimum atomic E-state index is -0.581. The highest BCUT2D eigenvalue weighted by Gasteiger charge is 2.07. The molecule has 0 saturated heterocycles. The van der Waals surface area contributed by atoms with Gasteiger partial charge in [-0.2, -0.15) is 0 Å². The van der Waals surface area contributed by atoms with E-state index in [9.17, 15) is 4.79 Å². The van der Waals surface area contributed by atoms with E-state index < -0.39 is 5.91 Å². The zero-order valence-electron chi connectivity index (χ0n) is 14.8. The fraction of sp³-hybridized carbons (Fsp3) is 0.333. The van der Waals surface area contributed by atoms with E-state index in [1.807, 2.05) is 13.0 Å². The number of aryl methyl sites for hydroxylation is 1. The van der Waals surface area contributed by atoms with Crippen molar-refractivity contribution < 1.29 is 13.9 Å². The highest BCUT2D eigenvalue weighted by atomic mass is 16.5. The van der Waals surface area contributed by atoms with Crippen molar-refractivity contribution in [3.8, 4) is 5.75 Å². The molecule has 0 saturated carbocycles. The van der Waals surface area contributed by atoms with Crippen molar-refractivity contribution in [1.82, 2.24) is 10.6 Å². The molecular weight excluding hydrogens is 320 g/mol. The number of benzene rings is 1. The van der Waals surface area contributed by atoms with E-state index in [1.165, 1.54) is 5.56 Å². The van der Waals surface area contributed by atoms with Crippen LogP contribution in [0.15, 0.2) is 39.7 Å². The topological polar surface area (TPSA) is 102 Å². The van der Waals surface area contributed by atoms with Crippen LogP contribution in [-0.4, -0.2) is 32.6 Å². The van der Waals surface area contributed by atoms with Crippen LogP contribution >= 0.6 is 0 Å². The lowest BCUT2D eigenvalue weighted by Gasteiger charge is -2.12. The van der Waals surface area contributed by atoms with Crippen LogP contribution in [0.3, 0.4) is 0 Å². The SMILES string of the molecule is CN=C(NCCc1ccc(C)c(OC)c1)NCc1ccc(C(N)=O)o1. The van der Waals surface area contributed by atoms with Gasteiger partial charge in [0.05, 0.1) is 13.7 Å². The summed E-state index contributed by atoms with van der Waals surface area (Å²) < 4.78 is 10.7. The van der Waals surface area contributed by atoms with E-state index in [2.05, 4.69) is 27.8 Å². The molecule has 0 spiro atoms. The average Bonchev–Trinajstić information content (AvgIpc) is 3.08. The van der Waals surface area contributed by atoms with Crippen LogP contribution in [0.2, 0.25) is 0 Å². The Labute approximate surface area is 147 Å². The lowest BCUT2D eigenvalue weighted by Crippen LogP contribution is -2.37. The van der Waals surface area contributed by atoms with Gasteiger partial charge in [-0.05, 0) is 42.7 Å². The number of nitrogens with zero attached hydrogens (tertiary/aromatic N) is 1. The monoisotopic (exact) mass is 344 g/mol. The quantitative estimate of drug-likeness (QED) is 0.523. The van der Waals surface area contributed by atoms with Crippen molar-refractivity contribution >= 4 is 11.9 Å². The zero-order valence-corrected chi connectivity index (χ0v) is 14.8. The number of hydrogen-bond donors (Lipinski definition) is 3. The first-order valence-electron chi connectivity index (χ1n) is 8.00. The Morgan fingerprint density at radius 3 is 2.72 bits per heavy atom. The number of nitrogens with two attached hydrogens (primary N) is 1. The summed E-state index contributed by atoms with van der Waals surface area (Å²) in [6, 6.07) is 9.44. The third-order valence-corrected chi connectivity index (χ3v) is 3.74. The van der Waals surface area contributed by atoms with Crippen LogP contribution in [0.25, 0.3) is 0 Å². The van der Waals surface area contributed by atoms with E-state index in [1.54, 1.807) is 26.3 Å². The van der Waals surface area contributed by atoms with Crippen LogP contribution in [0.5, 0.6) is 5.75 Å². The fourth-order valence-electron chi connectivity index (χ4n) is 2.34. The highest BCUT2D eigenvalue weighted by molar-refractivity contribution is 5.89. The third kappa shape index (κ3) is 5.27. The van der Waals surface area contributed by atoms with Crippen LogP contribution in [0.1, 0.15) is 27.4 Å². The number of aliphatic imine (C=N–C) groups is 1. The summed E-state index contributed by atoms with van der Waals surface area (Å²) >= 11 is 0.